The molecule has 0 N–H and O–H groups in total. The molecule has 3 rings (SSSR count). The Balaban J connectivity index is 1.55. The lowest BCUT2D eigenvalue weighted by Crippen LogP contribution is -2.37. The zero-order valence-corrected chi connectivity index (χ0v) is 14.6. The van der Waals surface area contributed by atoms with Crippen molar-refractivity contribution in [3.05, 3.63) is 40.3 Å². The maximum atomic E-state index is 8.96. The van der Waals surface area contributed by atoms with Gasteiger partial charge in [0.1, 0.15) is 5.01 Å². The van der Waals surface area contributed by atoms with Gasteiger partial charge in [-0.05, 0) is 31.5 Å². The van der Waals surface area contributed by atoms with Gasteiger partial charge >= 0.3 is 0 Å². The van der Waals surface area contributed by atoms with Gasteiger partial charge in [-0.15, -0.1) is 11.3 Å². The molecule has 1 saturated heterocycles. The number of thiazole rings is 1. The summed E-state index contributed by atoms with van der Waals surface area (Å²) in [5.74, 6) is 1.82. The number of piperidine rings is 1. The third-order valence-corrected chi connectivity index (χ3v) is 4.98. The van der Waals surface area contributed by atoms with Crippen LogP contribution in [0.15, 0.2) is 29.8 Å². The van der Waals surface area contributed by atoms with Gasteiger partial charge in [0.2, 0.25) is 0 Å². The Morgan fingerprint density at radius 2 is 2.33 bits per heavy atom. The van der Waals surface area contributed by atoms with Crippen molar-refractivity contribution in [2.75, 3.05) is 26.8 Å². The molecule has 1 aromatic carbocycles. The van der Waals surface area contributed by atoms with Gasteiger partial charge in [-0.2, -0.15) is 5.26 Å². The summed E-state index contributed by atoms with van der Waals surface area (Å²) in [5.41, 5.74) is 0.575. The van der Waals surface area contributed by atoms with Crippen molar-refractivity contribution in [2.24, 2.45) is 5.92 Å². The first-order valence-electron chi connectivity index (χ1n) is 8.10. The average molecular weight is 343 g/mol. The lowest BCUT2D eigenvalue weighted by molar-refractivity contribution is 0.123. The summed E-state index contributed by atoms with van der Waals surface area (Å²) >= 11 is 1.71. The van der Waals surface area contributed by atoms with E-state index in [1.54, 1.807) is 30.6 Å². The van der Waals surface area contributed by atoms with Crippen LogP contribution in [-0.4, -0.2) is 36.7 Å². The second kappa shape index (κ2) is 8.13. The minimum atomic E-state index is 0.499. The lowest BCUT2D eigenvalue weighted by atomic mass is 9.99. The summed E-state index contributed by atoms with van der Waals surface area (Å²) in [5, 5.41) is 12.2. The van der Waals surface area contributed by atoms with Crippen LogP contribution in [-0.2, 0) is 6.54 Å². The van der Waals surface area contributed by atoms with Crippen LogP contribution in [0.3, 0.4) is 0 Å². The predicted molar refractivity (Wildman–Crippen MR) is 93.3 cm³/mol. The molecular formula is C18H21N3O2S. The number of benzene rings is 1. The minimum Gasteiger partial charge on any atom is -0.493 e. The van der Waals surface area contributed by atoms with E-state index in [9.17, 15) is 0 Å². The zero-order chi connectivity index (χ0) is 16.8. The van der Waals surface area contributed by atoms with E-state index in [0.717, 1.165) is 19.6 Å². The van der Waals surface area contributed by atoms with Gasteiger partial charge in [0.15, 0.2) is 11.5 Å². The SMILES string of the molecule is COc1cc(C#N)ccc1OCC1CCCN(Cc2nccs2)C1. The highest BCUT2D eigenvalue weighted by molar-refractivity contribution is 7.09. The van der Waals surface area contributed by atoms with Crippen LogP contribution in [0.25, 0.3) is 0 Å². The molecule has 1 unspecified atom stereocenters. The fourth-order valence-electron chi connectivity index (χ4n) is 3.02. The summed E-state index contributed by atoms with van der Waals surface area (Å²) < 4.78 is 11.3. The van der Waals surface area contributed by atoms with Gasteiger partial charge in [0.05, 0.1) is 31.9 Å². The van der Waals surface area contributed by atoms with Crippen LogP contribution in [0.5, 0.6) is 11.5 Å². The third kappa shape index (κ3) is 4.25. The molecule has 126 valence electrons. The van der Waals surface area contributed by atoms with Crippen molar-refractivity contribution < 1.29 is 9.47 Å². The number of ether oxygens (including phenoxy) is 2. The fraction of sp³-hybridized carbons (Fsp3) is 0.444. The van der Waals surface area contributed by atoms with Gasteiger partial charge in [0, 0.05) is 30.1 Å². The highest BCUT2D eigenvalue weighted by Crippen LogP contribution is 2.29. The van der Waals surface area contributed by atoms with Crippen LogP contribution in [0.2, 0.25) is 0 Å². The number of likely N-dealkylation sites (tertiary alicyclic amines) is 1. The molecule has 0 aliphatic carbocycles. The van der Waals surface area contributed by atoms with Crippen LogP contribution >= 0.6 is 11.3 Å². The molecule has 1 fully saturated rings. The largest absolute Gasteiger partial charge is 0.493 e. The third-order valence-electron chi connectivity index (χ3n) is 4.21. The zero-order valence-electron chi connectivity index (χ0n) is 13.8. The summed E-state index contributed by atoms with van der Waals surface area (Å²) in [4.78, 5) is 6.82. The van der Waals surface area contributed by atoms with Crippen molar-refractivity contribution >= 4 is 11.3 Å². The second-order valence-electron chi connectivity index (χ2n) is 5.96. The van der Waals surface area contributed by atoms with Gasteiger partial charge < -0.3 is 9.47 Å². The molecule has 5 nitrogen and oxygen atoms in total. The Morgan fingerprint density at radius 3 is 3.08 bits per heavy atom. The standard InChI is InChI=1S/C18H21N3O2S/c1-22-17-9-14(10-19)4-5-16(17)23-13-15-3-2-7-21(11-15)12-18-20-6-8-24-18/h4-6,8-9,15H,2-3,7,11-13H2,1H3. The van der Waals surface area contributed by atoms with Crippen molar-refractivity contribution in [2.45, 2.75) is 19.4 Å². The van der Waals surface area contributed by atoms with E-state index in [1.807, 2.05) is 17.6 Å². The summed E-state index contributed by atoms with van der Waals surface area (Å²) in [7, 11) is 1.60. The molecule has 0 bridgehead atoms. The molecule has 1 aromatic heterocycles. The van der Waals surface area contributed by atoms with E-state index in [1.165, 1.54) is 17.8 Å². The summed E-state index contributed by atoms with van der Waals surface area (Å²) in [6.45, 7) is 3.74. The first-order valence-corrected chi connectivity index (χ1v) is 8.98. The van der Waals surface area contributed by atoms with Crippen LogP contribution < -0.4 is 9.47 Å². The monoisotopic (exact) mass is 343 g/mol. The van der Waals surface area contributed by atoms with Crippen molar-refractivity contribution in [1.82, 2.24) is 9.88 Å². The number of nitriles is 1. The first-order chi connectivity index (χ1) is 11.8. The van der Waals surface area contributed by atoms with E-state index >= 15 is 0 Å². The average Bonchev–Trinajstić information content (AvgIpc) is 3.13. The van der Waals surface area contributed by atoms with Crippen molar-refractivity contribution in [3.63, 3.8) is 0 Å². The number of aromatic nitrogens is 1. The molecule has 0 amide bonds. The molecule has 1 aliphatic heterocycles. The Morgan fingerprint density at radius 1 is 1.42 bits per heavy atom. The van der Waals surface area contributed by atoms with Crippen molar-refractivity contribution in [1.29, 1.82) is 5.26 Å². The van der Waals surface area contributed by atoms with E-state index in [0.29, 0.717) is 29.6 Å². The molecule has 2 heterocycles. The minimum absolute atomic E-state index is 0.499. The Kier molecular flexibility index (Phi) is 5.68. The van der Waals surface area contributed by atoms with Gasteiger partial charge in [-0.25, -0.2) is 4.98 Å². The molecular weight excluding hydrogens is 322 g/mol. The fourth-order valence-corrected chi connectivity index (χ4v) is 3.67. The molecule has 0 saturated carbocycles. The van der Waals surface area contributed by atoms with E-state index in [4.69, 9.17) is 14.7 Å². The second-order valence-corrected chi connectivity index (χ2v) is 6.94. The van der Waals surface area contributed by atoms with Crippen LogP contribution in [0.4, 0.5) is 0 Å². The Bertz CT molecular complexity index is 697. The quantitative estimate of drug-likeness (QED) is 0.805. The van der Waals surface area contributed by atoms with E-state index in [-0.39, 0.29) is 0 Å². The highest BCUT2D eigenvalue weighted by Gasteiger charge is 2.21. The molecule has 2 aromatic rings. The molecule has 1 aliphatic rings. The van der Waals surface area contributed by atoms with Crippen LogP contribution in [0, 0.1) is 17.2 Å². The maximum absolute atomic E-state index is 8.96. The number of rotatable bonds is 6. The number of nitrogens with zero attached hydrogens (tertiary/aromatic N) is 3. The molecule has 0 radical (unpaired) electrons. The Hall–Kier alpha value is -2.10. The maximum Gasteiger partial charge on any atom is 0.162 e. The highest BCUT2D eigenvalue weighted by atomic mass is 32.1. The molecule has 1 atom stereocenters. The number of hydrogen-bond acceptors (Lipinski definition) is 6. The topological polar surface area (TPSA) is 58.4 Å². The number of hydrogen-bond donors (Lipinski definition) is 0. The smallest absolute Gasteiger partial charge is 0.162 e. The normalized spacial score (nSPS) is 18.1. The molecule has 0 spiro atoms. The lowest BCUT2D eigenvalue weighted by Gasteiger charge is -2.32. The number of methoxy groups -OCH3 is 1. The summed E-state index contributed by atoms with van der Waals surface area (Å²) in [6.07, 6.45) is 4.22. The first kappa shape index (κ1) is 16.7. The molecule has 24 heavy (non-hydrogen) atoms. The van der Waals surface area contributed by atoms with E-state index < -0.39 is 0 Å². The van der Waals surface area contributed by atoms with Crippen molar-refractivity contribution in [3.8, 4) is 17.6 Å². The Labute approximate surface area is 146 Å². The summed E-state index contributed by atoms with van der Waals surface area (Å²) in [6, 6.07) is 7.40. The molecule has 6 heteroatoms. The van der Waals surface area contributed by atoms with E-state index in [2.05, 4.69) is 16.0 Å². The van der Waals surface area contributed by atoms with Gasteiger partial charge in [-0.3, -0.25) is 4.90 Å². The predicted octanol–water partition coefficient (Wildman–Crippen LogP) is 3.31. The van der Waals surface area contributed by atoms with Gasteiger partial charge in [0.25, 0.3) is 0 Å². The van der Waals surface area contributed by atoms with Gasteiger partial charge in [-0.1, -0.05) is 0 Å². The van der Waals surface area contributed by atoms with Crippen LogP contribution in [0.1, 0.15) is 23.4 Å².